The minimum absolute atomic E-state index is 0.0155. The number of hydrogen-bond donors (Lipinski definition) is 2. The molecule has 2 heterocycles. The zero-order valence-corrected chi connectivity index (χ0v) is 24.9. The van der Waals surface area contributed by atoms with E-state index >= 15 is 0 Å². The average molecular weight is 642 g/mol. The Morgan fingerprint density at radius 2 is 1.75 bits per heavy atom. The number of fused-ring (bicyclic) bond motifs is 1. The molecule has 0 atom stereocenters. The number of ether oxygens (including phenoxy) is 1. The van der Waals surface area contributed by atoms with Crippen molar-refractivity contribution in [3.63, 3.8) is 0 Å². The van der Waals surface area contributed by atoms with Gasteiger partial charge in [-0.2, -0.15) is 0 Å². The minimum atomic E-state index is -4.59. The quantitative estimate of drug-likeness (QED) is 0.248. The summed E-state index contributed by atoms with van der Waals surface area (Å²) in [7, 11) is -6.67. The number of aromatic nitrogens is 2. The SMILES string of the molecule is COc1ccc2c(c1)c(-c1ccc[nH]c1=O)c(C(=O)NS(=O)(=O)c1cccc(CS(C)(=O)=O)c1)n2Cc1ccc(F)cc1F. The van der Waals surface area contributed by atoms with Crippen LogP contribution in [-0.4, -0.2) is 45.7 Å². The Morgan fingerprint density at radius 1 is 0.977 bits per heavy atom. The maximum atomic E-state index is 14.9. The lowest BCUT2D eigenvalue weighted by Gasteiger charge is -2.14. The summed E-state index contributed by atoms with van der Waals surface area (Å²) >= 11 is 0. The molecule has 0 spiro atoms. The number of hydrogen-bond acceptors (Lipinski definition) is 7. The van der Waals surface area contributed by atoms with Crippen LogP contribution in [0.5, 0.6) is 5.75 Å². The van der Waals surface area contributed by atoms with Gasteiger partial charge in [-0.25, -0.2) is 30.3 Å². The van der Waals surface area contributed by atoms with Crippen LogP contribution in [0.25, 0.3) is 22.0 Å². The Bertz CT molecular complexity index is 2210. The zero-order valence-electron chi connectivity index (χ0n) is 23.3. The van der Waals surface area contributed by atoms with Gasteiger partial charge >= 0.3 is 0 Å². The van der Waals surface area contributed by atoms with Crippen molar-refractivity contribution in [1.29, 1.82) is 0 Å². The van der Waals surface area contributed by atoms with Gasteiger partial charge in [0, 0.05) is 46.1 Å². The van der Waals surface area contributed by atoms with Gasteiger partial charge in [0.25, 0.3) is 21.5 Å². The zero-order chi connectivity index (χ0) is 31.8. The van der Waals surface area contributed by atoms with Gasteiger partial charge in [-0.15, -0.1) is 0 Å². The molecule has 0 radical (unpaired) electrons. The molecule has 0 saturated carbocycles. The fourth-order valence-electron chi connectivity index (χ4n) is 4.91. The predicted octanol–water partition coefficient (Wildman–Crippen LogP) is 4.00. The van der Waals surface area contributed by atoms with E-state index in [1.165, 1.54) is 54.3 Å². The Hall–Kier alpha value is -4.82. The number of nitrogens with zero attached hydrogens (tertiary/aromatic N) is 1. The van der Waals surface area contributed by atoms with Crippen LogP contribution >= 0.6 is 0 Å². The topological polar surface area (TPSA) is 144 Å². The van der Waals surface area contributed by atoms with Gasteiger partial charge in [0.2, 0.25) is 0 Å². The number of halogens is 2. The number of benzene rings is 3. The molecule has 0 aliphatic heterocycles. The summed E-state index contributed by atoms with van der Waals surface area (Å²) in [6, 6.07) is 15.7. The number of pyridine rings is 1. The highest BCUT2D eigenvalue weighted by molar-refractivity contribution is 7.90. The van der Waals surface area contributed by atoms with Gasteiger partial charge in [0.1, 0.15) is 23.1 Å². The lowest BCUT2D eigenvalue weighted by Crippen LogP contribution is -2.33. The van der Waals surface area contributed by atoms with Gasteiger partial charge < -0.3 is 14.3 Å². The first-order chi connectivity index (χ1) is 20.8. The molecule has 228 valence electrons. The van der Waals surface area contributed by atoms with Gasteiger partial charge in [-0.1, -0.05) is 18.2 Å². The van der Waals surface area contributed by atoms with Gasteiger partial charge in [-0.05, 0) is 54.1 Å². The molecule has 2 N–H and O–H groups in total. The summed E-state index contributed by atoms with van der Waals surface area (Å²) in [5.74, 6) is -2.94. The highest BCUT2D eigenvalue weighted by Gasteiger charge is 2.29. The molecule has 5 aromatic rings. The molecule has 2 aromatic heterocycles. The molecule has 0 aliphatic rings. The second-order valence-electron chi connectivity index (χ2n) is 9.99. The van der Waals surface area contributed by atoms with Crippen molar-refractivity contribution in [2.24, 2.45) is 0 Å². The average Bonchev–Trinajstić information content (AvgIpc) is 3.27. The first-order valence-electron chi connectivity index (χ1n) is 12.9. The van der Waals surface area contributed by atoms with Crippen molar-refractivity contribution in [2.45, 2.75) is 17.2 Å². The van der Waals surface area contributed by atoms with Gasteiger partial charge in [-0.3, -0.25) is 9.59 Å². The fraction of sp³-hybridized carbons (Fsp3) is 0.133. The maximum Gasteiger partial charge on any atom is 0.282 e. The van der Waals surface area contributed by atoms with E-state index in [1.807, 2.05) is 4.72 Å². The number of sulfone groups is 1. The van der Waals surface area contributed by atoms with Crippen molar-refractivity contribution in [2.75, 3.05) is 13.4 Å². The second-order valence-corrected chi connectivity index (χ2v) is 13.8. The van der Waals surface area contributed by atoms with E-state index in [0.29, 0.717) is 22.7 Å². The molecule has 5 rings (SSSR count). The van der Waals surface area contributed by atoms with Crippen LogP contribution in [0.4, 0.5) is 8.78 Å². The van der Waals surface area contributed by atoms with E-state index < -0.39 is 48.7 Å². The van der Waals surface area contributed by atoms with Gasteiger partial charge in [0.05, 0.1) is 24.3 Å². The minimum Gasteiger partial charge on any atom is -0.497 e. The van der Waals surface area contributed by atoms with Crippen LogP contribution in [0.3, 0.4) is 0 Å². The molecular formula is C30H25F2N3O7S2. The summed E-state index contributed by atoms with van der Waals surface area (Å²) < 4.78 is 87.7. The van der Waals surface area contributed by atoms with Crippen LogP contribution in [0, 0.1) is 11.6 Å². The van der Waals surface area contributed by atoms with E-state index in [1.54, 1.807) is 18.2 Å². The number of carbonyl (C=O) groups excluding carboxylic acids is 1. The molecule has 0 saturated heterocycles. The second kappa shape index (κ2) is 11.7. The Balaban J connectivity index is 1.73. The van der Waals surface area contributed by atoms with Gasteiger partial charge in [0.15, 0.2) is 9.84 Å². The van der Waals surface area contributed by atoms with E-state index in [-0.39, 0.29) is 39.4 Å². The van der Waals surface area contributed by atoms with E-state index in [2.05, 4.69) is 4.98 Å². The maximum absolute atomic E-state index is 14.9. The number of sulfonamides is 1. The number of rotatable bonds is 9. The van der Waals surface area contributed by atoms with E-state index in [9.17, 15) is 35.2 Å². The lowest BCUT2D eigenvalue weighted by atomic mass is 10.0. The standard InChI is InChI=1S/C30H25F2N3O7S2/c1-42-21-10-11-26-24(15-21)27(23-7-4-12-33-29(23)36)28(35(26)16-19-8-9-20(31)14-25(19)32)30(37)34-44(40,41)22-6-3-5-18(13-22)17-43(2,38)39/h3-15H,16-17H2,1-2H3,(H,33,36)(H,34,37). The number of amides is 1. The molecule has 10 nitrogen and oxygen atoms in total. The van der Waals surface area contributed by atoms with Crippen LogP contribution in [0.15, 0.2) is 88.7 Å². The van der Waals surface area contributed by atoms with Crippen molar-refractivity contribution >= 4 is 36.7 Å². The van der Waals surface area contributed by atoms with Crippen molar-refractivity contribution in [1.82, 2.24) is 14.3 Å². The third-order valence-electron chi connectivity index (χ3n) is 6.78. The van der Waals surface area contributed by atoms with Crippen molar-refractivity contribution < 1.29 is 35.1 Å². The first-order valence-corrected chi connectivity index (χ1v) is 16.5. The van der Waals surface area contributed by atoms with Crippen LogP contribution in [-0.2, 0) is 32.2 Å². The van der Waals surface area contributed by atoms with Crippen molar-refractivity contribution in [3.8, 4) is 16.9 Å². The van der Waals surface area contributed by atoms with E-state index in [4.69, 9.17) is 4.74 Å². The first kappa shape index (κ1) is 30.6. The number of methoxy groups -OCH3 is 1. The fourth-order valence-corrected chi connectivity index (χ4v) is 6.71. The Morgan fingerprint density at radius 3 is 2.43 bits per heavy atom. The summed E-state index contributed by atoms with van der Waals surface area (Å²) in [5, 5.41) is 0.321. The number of carbonyl (C=O) groups is 1. The molecule has 0 fully saturated rings. The molecule has 1 amide bonds. The smallest absolute Gasteiger partial charge is 0.282 e. The largest absolute Gasteiger partial charge is 0.497 e. The Kier molecular flexibility index (Phi) is 8.14. The highest BCUT2D eigenvalue weighted by atomic mass is 32.2. The molecule has 3 aromatic carbocycles. The predicted molar refractivity (Wildman–Crippen MR) is 160 cm³/mol. The van der Waals surface area contributed by atoms with Crippen LogP contribution in [0.1, 0.15) is 21.6 Å². The number of nitrogens with one attached hydrogen (secondary N) is 2. The summed E-state index contributed by atoms with van der Waals surface area (Å²) in [6.07, 6.45) is 2.38. The Labute approximate surface area is 250 Å². The van der Waals surface area contributed by atoms with Crippen LogP contribution in [0.2, 0.25) is 0 Å². The lowest BCUT2D eigenvalue weighted by molar-refractivity contribution is 0.0974. The highest BCUT2D eigenvalue weighted by Crippen LogP contribution is 2.37. The normalized spacial score (nSPS) is 11.9. The molecule has 0 bridgehead atoms. The molecule has 44 heavy (non-hydrogen) atoms. The molecule has 0 unspecified atom stereocenters. The summed E-state index contributed by atoms with van der Waals surface area (Å²) in [5.41, 5.74) is -0.336. The summed E-state index contributed by atoms with van der Waals surface area (Å²) in [6.45, 7) is -0.341. The van der Waals surface area contributed by atoms with Crippen LogP contribution < -0.4 is 15.0 Å². The number of aromatic amines is 1. The van der Waals surface area contributed by atoms with E-state index in [0.717, 1.165) is 18.4 Å². The summed E-state index contributed by atoms with van der Waals surface area (Å²) in [4.78, 5) is 29.2. The third-order valence-corrected chi connectivity index (χ3v) is 8.97. The third kappa shape index (κ3) is 6.26. The monoisotopic (exact) mass is 641 g/mol. The molecular weight excluding hydrogens is 616 g/mol. The molecule has 14 heteroatoms. The van der Waals surface area contributed by atoms with Crippen molar-refractivity contribution in [3.05, 3.63) is 118 Å². The molecule has 0 aliphatic carbocycles. The number of H-pyrrole nitrogens is 1.